The van der Waals surface area contributed by atoms with Crippen LogP contribution in [-0.2, 0) is 22.3 Å². The van der Waals surface area contributed by atoms with E-state index in [0.29, 0.717) is 13.2 Å². The second-order valence-electron chi connectivity index (χ2n) is 5.32. The summed E-state index contributed by atoms with van der Waals surface area (Å²) in [6, 6.07) is 15.2. The summed E-state index contributed by atoms with van der Waals surface area (Å²) in [5.74, 6) is 0. The summed E-state index contributed by atoms with van der Waals surface area (Å²) in [4.78, 5) is 0. The largest absolute Gasteiger partial charge is 0.353 e. The maximum absolute atomic E-state index is 5.70. The fraction of sp³-hybridized carbons (Fsp3) is 0.368. The molecule has 0 radical (unpaired) electrons. The van der Waals surface area contributed by atoms with Gasteiger partial charge in [0.1, 0.15) is 0 Å². The first-order chi connectivity index (χ1) is 10.3. The Kier molecular flexibility index (Phi) is 4.37. The van der Waals surface area contributed by atoms with Gasteiger partial charge in [-0.05, 0) is 48.1 Å². The van der Waals surface area contributed by atoms with Crippen LogP contribution in [-0.4, -0.2) is 19.5 Å². The van der Waals surface area contributed by atoms with Gasteiger partial charge in [-0.1, -0.05) is 42.5 Å². The Balaban J connectivity index is 1.89. The minimum absolute atomic E-state index is 0.143. The molecule has 0 saturated carbocycles. The van der Waals surface area contributed by atoms with E-state index in [-0.39, 0.29) is 6.29 Å². The Morgan fingerprint density at radius 1 is 0.905 bits per heavy atom. The van der Waals surface area contributed by atoms with Crippen molar-refractivity contribution in [2.45, 2.75) is 33.0 Å². The smallest absolute Gasteiger partial charge is 0.161 e. The van der Waals surface area contributed by atoms with Crippen LogP contribution >= 0.6 is 0 Å². The van der Waals surface area contributed by atoms with Crippen molar-refractivity contribution in [3.63, 3.8) is 0 Å². The van der Waals surface area contributed by atoms with Gasteiger partial charge in [-0.2, -0.15) is 0 Å². The van der Waals surface area contributed by atoms with Crippen LogP contribution < -0.4 is 0 Å². The zero-order chi connectivity index (χ0) is 14.7. The second-order valence-corrected chi connectivity index (χ2v) is 5.32. The molecule has 2 aromatic carbocycles. The maximum Gasteiger partial charge on any atom is 0.161 e. The van der Waals surface area contributed by atoms with Crippen LogP contribution in [0.1, 0.15) is 30.5 Å². The molecular formula is C19H22O2. The van der Waals surface area contributed by atoms with Crippen molar-refractivity contribution in [1.29, 1.82) is 0 Å². The molecule has 1 aliphatic rings. The molecule has 0 N–H and O–H groups in total. The first kappa shape index (κ1) is 14.3. The second kappa shape index (κ2) is 6.42. The van der Waals surface area contributed by atoms with Gasteiger partial charge < -0.3 is 9.47 Å². The lowest BCUT2D eigenvalue weighted by Gasteiger charge is -2.18. The molecule has 21 heavy (non-hydrogen) atoms. The third-order valence-electron chi connectivity index (χ3n) is 4.04. The molecule has 0 bridgehead atoms. The zero-order valence-electron chi connectivity index (χ0n) is 12.8. The lowest BCUT2D eigenvalue weighted by atomic mass is 9.99. The lowest BCUT2D eigenvalue weighted by molar-refractivity contribution is -0.134. The Hall–Kier alpha value is -1.64. The summed E-state index contributed by atoms with van der Waals surface area (Å²) >= 11 is 0. The predicted molar refractivity (Wildman–Crippen MR) is 85.4 cm³/mol. The van der Waals surface area contributed by atoms with Crippen molar-refractivity contribution in [1.82, 2.24) is 0 Å². The van der Waals surface area contributed by atoms with Gasteiger partial charge in [-0.25, -0.2) is 0 Å². The van der Waals surface area contributed by atoms with E-state index in [0.717, 1.165) is 12.8 Å². The summed E-state index contributed by atoms with van der Waals surface area (Å²) in [6.45, 7) is 5.38. The van der Waals surface area contributed by atoms with E-state index in [1.807, 2.05) is 13.8 Å². The Labute approximate surface area is 126 Å². The van der Waals surface area contributed by atoms with Crippen molar-refractivity contribution < 1.29 is 9.47 Å². The Morgan fingerprint density at radius 3 is 2.38 bits per heavy atom. The van der Waals surface area contributed by atoms with Crippen LogP contribution in [0.25, 0.3) is 11.1 Å². The quantitative estimate of drug-likeness (QED) is 0.631. The summed E-state index contributed by atoms with van der Waals surface area (Å²) in [6.07, 6.45) is 1.70. The minimum atomic E-state index is -0.143. The van der Waals surface area contributed by atoms with Crippen molar-refractivity contribution in [2.75, 3.05) is 13.2 Å². The van der Waals surface area contributed by atoms with Crippen LogP contribution in [0.2, 0.25) is 0 Å². The molecule has 110 valence electrons. The molecule has 0 atom stereocenters. The Morgan fingerprint density at radius 2 is 1.62 bits per heavy atom. The van der Waals surface area contributed by atoms with E-state index >= 15 is 0 Å². The molecule has 0 aliphatic heterocycles. The third-order valence-corrected chi connectivity index (χ3v) is 4.04. The molecule has 2 nitrogen and oxygen atoms in total. The standard InChI is InChI=1S/C19H22O2/c1-3-20-19(21-4-2)13-15-9-7-11-17-16-10-6-5-8-14(16)12-18(15)17/h5-11,19H,3-4,12-13H2,1-2H3. The van der Waals surface area contributed by atoms with E-state index in [9.17, 15) is 0 Å². The molecule has 0 heterocycles. The zero-order valence-corrected chi connectivity index (χ0v) is 12.8. The van der Waals surface area contributed by atoms with E-state index in [4.69, 9.17) is 9.47 Å². The summed E-state index contributed by atoms with van der Waals surface area (Å²) in [7, 11) is 0. The number of hydrogen-bond acceptors (Lipinski definition) is 2. The highest BCUT2D eigenvalue weighted by atomic mass is 16.7. The summed E-state index contributed by atoms with van der Waals surface area (Å²) < 4.78 is 11.4. The number of benzene rings is 2. The van der Waals surface area contributed by atoms with E-state index in [1.165, 1.54) is 27.8 Å². The first-order valence-corrected chi connectivity index (χ1v) is 7.75. The van der Waals surface area contributed by atoms with Gasteiger partial charge in [-0.15, -0.1) is 0 Å². The minimum Gasteiger partial charge on any atom is -0.353 e. The summed E-state index contributed by atoms with van der Waals surface area (Å²) in [5.41, 5.74) is 6.94. The molecular weight excluding hydrogens is 260 g/mol. The van der Waals surface area contributed by atoms with Gasteiger partial charge in [-0.3, -0.25) is 0 Å². The molecule has 0 aromatic heterocycles. The normalized spacial score (nSPS) is 12.5. The SMILES string of the molecule is CCOC(Cc1cccc2c1Cc1ccccc1-2)OCC. The first-order valence-electron chi connectivity index (χ1n) is 7.75. The van der Waals surface area contributed by atoms with Crippen molar-refractivity contribution in [3.8, 4) is 11.1 Å². The van der Waals surface area contributed by atoms with Crippen LogP contribution in [0.15, 0.2) is 42.5 Å². The van der Waals surface area contributed by atoms with Gasteiger partial charge in [0.25, 0.3) is 0 Å². The lowest BCUT2D eigenvalue weighted by Crippen LogP contribution is -2.20. The average molecular weight is 282 g/mol. The average Bonchev–Trinajstić information content (AvgIpc) is 2.88. The molecule has 0 saturated heterocycles. The van der Waals surface area contributed by atoms with Gasteiger partial charge in [0.15, 0.2) is 6.29 Å². The molecule has 0 fully saturated rings. The fourth-order valence-corrected chi connectivity index (χ4v) is 3.13. The van der Waals surface area contributed by atoms with Gasteiger partial charge in [0.2, 0.25) is 0 Å². The predicted octanol–water partition coefficient (Wildman–Crippen LogP) is 4.20. The highest BCUT2D eigenvalue weighted by Crippen LogP contribution is 2.38. The van der Waals surface area contributed by atoms with Crippen LogP contribution in [0.5, 0.6) is 0 Å². The Bertz CT molecular complexity index is 613. The maximum atomic E-state index is 5.70. The number of fused-ring (bicyclic) bond motifs is 3. The highest BCUT2D eigenvalue weighted by Gasteiger charge is 2.22. The van der Waals surface area contributed by atoms with Crippen molar-refractivity contribution >= 4 is 0 Å². The molecule has 1 aliphatic carbocycles. The molecule has 0 unspecified atom stereocenters. The number of rotatable bonds is 6. The van der Waals surface area contributed by atoms with Gasteiger partial charge in [0, 0.05) is 19.6 Å². The molecule has 2 aromatic rings. The van der Waals surface area contributed by atoms with E-state index in [2.05, 4.69) is 42.5 Å². The van der Waals surface area contributed by atoms with E-state index in [1.54, 1.807) is 0 Å². The van der Waals surface area contributed by atoms with Crippen LogP contribution in [0.3, 0.4) is 0 Å². The van der Waals surface area contributed by atoms with Gasteiger partial charge in [0.05, 0.1) is 0 Å². The summed E-state index contributed by atoms with van der Waals surface area (Å²) in [5, 5.41) is 0. The van der Waals surface area contributed by atoms with E-state index < -0.39 is 0 Å². The van der Waals surface area contributed by atoms with Crippen molar-refractivity contribution in [2.24, 2.45) is 0 Å². The molecule has 0 amide bonds. The molecule has 2 heteroatoms. The topological polar surface area (TPSA) is 18.5 Å². The number of ether oxygens (including phenoxy) is 2. The van der Waals surface area contributed by atoms with Crippen LogP contribution in [0.4, 0.5) is 0 Å². The highest BCUT2D eigenvalue weighted by molar-refractivity contribution is 5.77. The monoisotopic (exact) mass is 282 g/mol. The third kappa shape index (κ3) is 2.87. The van der Waals surface area contributed by atoms with Gasteiger partial charge >= 0.3 is 0 Å². The number of hydrogen-bond donors (Lipinski definition) is 0. The van der Waals surface area contributed by atoms with Crippen molar-refractivity contribution in [3.05, 3.63) is 59.2 Å². The fourth-order valence-electron chi connectivity index (χ4n) is 3.13. The molecule has 0 spiro atoms. The van der Waals surface area contributed by atoms with Crippen LogP contribution in [0, 0.1) is 0 Å². The molecule has 3 rings (SSSR count).